The number of rotatable bonds is 2. The second kappa shape index (κ2) is 5.66. The van der Waals surface area contributed by atoms with Gasteiger partial charge < -0.3 is 5.11 Å². The number of benzene rings is 1. The first-order valence-electron chi connectivity index (χ1n) is 8.46. The van der Waals surface area contributed by atoms with Crippen molar-refractivity contribution in [1.29, 1.82) is 0 Å². The largest absolute Gasteiger partial charge is 0.385 e. The van der Waals surface area contributed by atoms with Crippen LogP contribution in [0.2, 0.25) is 10.0 Å². The van der Waals surface area contributed by atoms with Gasteiger partial charge in [-0.1, -0.05) is 29.6 Å². The van der Waals surface area contributed by atoms with Gasteiger partial charge in [0.15, 0.2) is 0 Å². The van der Waals surface area contributed by atoms with Crippen LogP contribution in [0, 0.1) is 11.8 Å². The van der Waals surface area contributed by atoms with Crippen LogP contribution in [0.1, 0.15) is 44.1 Å². The molecule has 1 unspecified atom stereocenters. The van der Waals surface area contributed by atoms with E-state index >= 15 is 0 Å². The Balaban J connectivity index is 1.46. The molecule has 22 heavy (non-hydrogen) atoms. The normalized spacial score (nSPS) is 34.2. The molecule has 3 atom stereocenters. The van der Waals surface area contributed by atoms with Gasteiger partial charge in [0.2, 0.25) is 0 Å². The van der Waals surface area contributed by atoms with E-state index in [1.54, 1.807) is 6.07 Å². The molecular formula is C18H23Cl2NO. The molecule has 2 saturated carbocycles. The van der Waals surface area contributed by atoms with Crippen molar-refractivity contribution in [3.8, 4) is 0 Å². The molecule has 1 heterocycles. The molecule has 4 heteroatoms. The third-order valence-corrected chi connectivity index (χ3v) is 6.63. The maximum Gasteiger partial charge on any atom is 0.0922 e. The summed E-state index contributed by atoms with van der Waals surface area (Å²) in [7, 11) is 0. The lowest BCUT2D eigenvalue weighted by Crippen LogP contribution is -2.48. The molecule has 1 aromatic carbocycles. The van der Waals surface area contributed by atoms with Crippen molar-refractivity contribution in [3.05, 3.63) is 33.8 Å². The number of piperidine rings is 1. The number of nitrogens with zero attached hydrogens (tertiary/aromatic N) is 1. The van der Waals surface area contributed by atoms with Gasteiger partial charge in [-0.15, -0.1) is 0 Å². The van der Waals surface area contributed by atoms with Crippen LogP contribution < -0.4 is 0 Å². The van der Waals surface area contributed by atoms with Crippen molar-refractivity contribution in [3.63, 3.8) is 0 Å². The highest BCUT2D eigenvalue weighted by Crippen LogP contribution is 2.48. The summed E-state index contributed by atoms with van der Waals surface area (Å²) in [4.78, 5) is 2.63. The molecule has 120 valence electrons. The Morgan fingerprint density at radius 2 is 1.68 bits per heavy atom. The molecule has 1 N–H and O–H groups in total. The minimum Gasteiger partial charge on any atom is -0.385 e. The maximum atomic E-state index is 11.0. The lowest BCUT2D eigenvalue weighted by molar-refractivity contribution is -0.0413. The molecule has 0 aromatic heterocycles. The fourth-order valence-electron chi connectivity index (χ4n) is 5.00. The van der Waals surface area contributed by atoms with Gasteiger partial charge >= 0.3 is 0 Å². The Kier molecular flexibility index (Phi) is 3.93. The van der Waals surface area contributed by atoms with Crippen molar-refractivity contribution in [2.24, 2.45) is 11.8 Å². The molecule has 3 fully saturated rings. The first kappa shape index (κ1) is 15.3. The van der Waals surface area contributed by atoms with Gasteiger partial charge in [0.1, 0.15) is 0 Å². The van der Waals surface area contributed by atoms with E-state index in [-0.39, 0.29) is 0 Å². The van der Waals surface area contributed by atoms with Crippen LogP contribution in [0.15, 0.2) is 18.2 Å². The molecule has 4 rings (SSSR count). The van der Waals surface area contributed by atoms with Gasteiger partial charge in [0.05, 0.1) is 5.60 Å². The predicted molar refractivity (Wildman–Crippen MR) is 90.4 cm³/mol. The molecule has 2 bridgehead atoms. The Morgan fingerprint density at radius 1 is 1.00 bits per heavy atom. The first-order chi connectivity index (χ1) is 10.5. The average Bonchev–Trinajstić information content (AvgIpc) is 3.10. The quantitative estimate of drug-likeness (QED) is 0.859. The highest BCUT2D eigenvalue weighted by molar-refractivity contribution is 6.34. The molecule has 3 aliphatic rings. The highest BCUT2D eigenvalue weighted by Gasteiger charge is 2.44. The molecule has 1 aliphatic heterocycles. The summed E-state index contributed by atoms with van der Waals surface area (Å²) in [6, 6.07) is 6.22. The van der Waals surface area contributed by atoms with Crippen LogP contribution in [-0.4, -0.2) is 29.1 Å². The molecule has 0 amide bonds. The van der Waals surface area contributed by atoms with Gasteiger partial charge in [-0.05, 0) is 67.7 Å². The SMILES string of the molecule is OC1(c2cc(Cl)cc(Cl)c2)CCN(C2C[C@H]3CC[C@H]2C3)CC1. The van der Waals surface area contributed by atoms with Crippen LogP contribution in [-0.2, 0) is 5.60 Å². The molecule has 0 radical (unpaired) electrons. The van der Waals surface area contributed by atoms with Crippen molar-refractivity contribution < 1.29 is 5.11 Å². The summed E-state index contributed by atoms with van der Waals surface area (Å²) in [5.74, 6) is 1.89. The van der Waals surface area contributed by atoms with E-state index in [4.69, 9.17) is 23.2 Å². The number of fused-ring (bicyclic) bond motifs is 2. The number of aliphatic hydroxyl groups is 1. The fraction of sp³-hybridized carbons (Fsp3) is 0.667. The molecular weight excluding hydrogens is 317 g/mol. The van der Waals surface area contributed by atoms with E-state index in [1.165, 1.54) is 25.7 Å². The molecule has 2 aliphatic carbocycles. The Bertz CT molecular complexity index is 548. The topological polar surface area (TPSA) is 23.5 Å². The zero-order valence-electron chi connectivity index (χ0n) is 12.8. The van der Waals surface area contributed by atoms with Crippen LogP contribution in [0.25, 0.3) is 0 Å². The first-order valence-corrected chi connectivity index (χ1v) is 9.22. The van der Waals surface area contributed by atoms with Crippen LogP contribution in [0.5, 0.6) is 0 Å². The van der Waals surface area contributed by atoms with Gasteiger partial charge in [-0.2, -0.15) is 0 Å². The Labute approximate surface area is 142 Å². The minimum atomic E-state index is -0.775. The maximum absolute atomic E-state index is 11.0. The summed E-state index contributed by atoms with van der Waals surface area (Å²) in [6.07, 6.45) is 7.23. The van der Waals surface area contributed by atoms with Gasteiger partial charge in [0.25, 0.3) is 0 Å². The predicted octanol–water partition coefficient (Wildman–Crippen LogP) is 4.47. The fourth-order valence-corrected chi connectivity index (χ4v) is 5.52. The Morgan fingerprint density at radius 3 is 2.23 bits per heavy atom. The summed E-state index contributed by atoms with van der Waals surface area (Å²) in [5.41, 5.74) is 0.0976. The highest BCUT2D eigenvalue weighted by atomic mass is 35.5. The third kappa shape index (κ3) is 2.69. The minimum absolute atomic E-state index is 0.603. The second-order valence-corrected chi connectivity index (χ2v) is 8.34. The summed E-state index contributed by atoms with van der Waals surface area (Å²) < 4.78 is 0. The summed E-state index contributed by atoms with van der Waals surface area (Å²) >= 11 is 12.2. The van der Waals surface area contributed by atoms with E-state index in [2.05, 4.69) is 4.90 Å². The lowest BCUT2D eigenvalue weighted by atomic mass is 9.83. The summed E-state index contributed by atoms with van der Waals surface area (Å²) in [6.45, 7) is 1.96. The number of hydrogen-bond acceptors (Lipinski definition) is 2. The van der Waals surface area contributed by atoms with Crippen LogP contribution in [0.4, 0.5) is 0 Å². The van der Waals surface area contributed by atoms with Crippen LogP contribution >= 0.6 is 23.2 Å². The lowest BCUT2D eigenvalue weighted by Gasteiger charge is -2.43. The number of halogens is 2. The Hall–Kier alpha value is -0.280. The standard InChI is InChI=1S/C18H23Cl2NO/c19-15-9-14(10-16(20)11-15)18(22)3-5-21(6-4-18)17-8-12-1-2-13(17)7-12/h9-13,17,22H,1-8H2/t12-,13-,17?/m0/s1. The molecule has 2 nitrogen and oxygen atoms in total. The zero-order valence-corrected chi connectivity index (χ0v) is 14.3. The third-order valence-electron chi connectivity index (χ3n) is 6.19. The second-order valence-electron chi connectivity index (χ2n) is 7.47. The number of likely N-dealkylation sites (tertiary alicyclic amines) is 1. The molecule has 1 aromatic rings. The number of hydrogen-bond donors (Lipinski definition) is 1. The van der Waals surface area contributed by atoms with Crippen molar-refractivity contribution in [2.75, 3.05) is 13.1 Å². The van der Waals surface area contributed by atoms with E-state index in [0.717, 1.165) is 49.4 Å². The van der Waals surface area contributed by atoms with Crippen molar-refractivity contribution in [2.45, 2.75) is 50.2 Å². The van der Waals surface area contributed by atoms with Crippen molar-refractivity contribution in [1.82, 2.24) is 4.90 Å². The summed E-state index contributed by atoms with van der Waals surface area (Å²) in [5, 5.41) is 12.2. The van der Waals surface area contributed by atoms with E-state index in [1.807, 2.05) is 12.1 Å². The average molecular weight is 340 g/mol. The van der Waals surface area contributed by atoms with Gasteiger partial charge in [0, 0.05) is 29.2 Å². The zero-order chi connectivity index (χ0) is 15.3. The van der Waals surface area contributed by atoms with Crippen molar-refractivity contribution >= 4 is 23.2 Å². The van der Waals surface area contributed by atoms with Crippen LogP contribution in [0.3, 0.4) is 0 Å². The van der Waals surface area contributed by atoms with E-state index in [0.29, 0.717) is 10.0 Å². The smallest absolute Gasteiger partial charge is 0.0922 e. The van der Waals surface area contributed by atoms with Gasteiger partial charge in [-0.25, -0.2) is 0 Å². The van der Waals surface area contributed by atoms with E-state index < -0.39 is 5.60 Å². The molecule has 1 saturated heterocycles. The van der Waals surface area contributed by atoms with Gasteiger partial charge in [-0.3, -0.25) is 4.90 Å². The monoisotopic (exact) mass is 339 g/mol. The van der Waals surface area contributed by atoms with E-state index in [9.17, 15) is 5.11 Å². The molecule has 0 spiro atoms.